The van der Waals surface area contributed by atoms with Gasteiger partial charge in [-0.15, -0.1) is 0 Å². The average molecular weight is 331 g/mol. The number of hydrogen-bond acceptors (Lipinski definition) is 4. The summed E-state index contributed by atoms with van der Waals surface area (Å²) in [6, 6.07) is 0. The molecular weight excluding hydrogens is 306 g/mol. The second-order valence-electron chi connectivity index (χ2n) is 7.74. The Hall–Kier alpha value is -1.92. The molecule has 0 bridgehead atoms. The van der Waals surface area contributed by atoms with Crippen molar-refractivity contribution < 1.29 is 9.59 Å². The summed E-state index contributed by atoms with van der Waals surface area (Å²) < 4.78 is 0. The Labute approximate surface area is 141 Å². The van der Waals surface area contributed by atoms with Crippen LogP contribution in [0.4, 0.5) is 0 Å². The molecule has 0 aromatic carbocycles. The zero-order valence-electron chi connectivity index (χ0n) is 14.2. The molecule has 7 nitrogen and oxygen atoms in total. The molecule has 3 aliphatic rings. The number of aromatic nitrogens is 3. The Bertz CT molecular complexity index is 631. The predicted octanol–water partition coefficient (Wildman–Crippen LogP) is 1.31. The number of piperidine rings is 1. The molecule has 1 aromatic rings. The maximum atomic E-state index is 13.1. The summed E-state index contributed by atoms with van der Waals surface area (Å²) in [5, 5.41) is 6.37. The Morgan fingerprint density at radius 2 is 2.12 bits per heavy atom. The molecule has 7 heteroatoms. The quantitative estimate of drug-likeness (QED) is 0.886. The van der Waals surface area contributed by atoms with Crippen LogP contribution in [0.5, 0.6) is 0 Å². The molecular formula is C17H25N5O2. The van der Waals surface area contributed by atoms with Crippen molar-refractivity contribution in [3.05, 3.63) is 12.2 Å². The third kappa shape index (κ3) is 2.59. The highest BCUT2D eigenvalue weighted by molar-refractivity contribution is 5.91. The van der Waals surface area contributed by atoms with Gasteiger partial charge in [0.05, 0.1) is 5.41 Å². The molecule has 2 aliphatic heterocycles. The number of aromatic amines is 1. The van der Waals surface area contributed by atoms with Crippen LogP contribution in [0, 0.1) is 17.3 Å². The number of H-pyrrole nitrogens is 1. The molecule has 1 aliphatic carbocycles. The molecule has 1 saturated carbocycles. The summed E-state index contributed by atoms with van der Waals surface area (Å²) in [5.41, 5.74) is -0.192. The number of carbonyl (C=O) groups excluding carboxylic acids is 2. The molecule has 0 radical (unpaired) electrons. The molecule has 0 unspecified atom stereocenters. The number of amides is 2. The van der Waals surface area contributed by atoms with Crippen molar-refractivity contribution in [2.45, 2.75) is 39.0 Å². The number of nitrogens with zero attached hydrogens (tertiary/aromatic N) is 4. The van der Waals surface area contributed by atoms with E-state index in [0.29, 0.717) is 30.8 Å². The monoisotopic (exact) mass is 331 g/mol. The van der Waals surface area contributed by atoms with E-state index >= 15 is 0 Å². The molecule has 130 valence electrons. The van der Waals surface area contributed by atoms with E-state index in [-0.39, 0.29) is 17.1 Å². The Morgan fingerprint density at radius 3 is 2.88 bits per heavy atom. The standard InChI is InChI=1S/C17H25N5O2/c1-12-4-2-3-6-22(9-12)16(24)17-5-7-21(10-13(17)8-17)15(23)14-18-11-19-20-14/h11-13H,2-10H2,1H3,(H,18,19,20)/t12-,13+,17-/m1/s1. The largest absolute Gasteiger partial charge is 0.342 e. The number of rotatable bonds is 2. The van der Waals surface area contributed by atoms with Crippen molar-refractivity contribution in [1.29, 1.82) is 0 Å². The first kappa shape index (κ1) is 15.6. The molecule has 3 heterocycles. The van der Waals surface area contributed by atoms with Crippen LogP contribution in [0.1, 0.15) is 49.6 Å². The molecule has 24 heavy (non-hydrogen) atoms. The van der Waals surface area contributed by atoms with Gasteiger partial charge < -0.3 is 9.80 Å². The third-order valence-electron chi connectivity index (χ3n) is 6.03. The minimum absolute atomic E-state index is 0.108. The lowest BCUT2D eigenvalue weighted by Crippen LogP contribution is -2.46. The van der Waals surface area contributed by atoms with Gasteiger partial charge in [-0.2, -0.15) is 5.10 Å². The maximum Gasteiger partial charge on any atom is 0.291 e. The molecule has 4 rings (SSSR count). The summed E-state index contributed by atoms with van der Waals surface area (Å²) >= 11 is 0. The van der Waals surface area contributed by atoms with Crippen LogP contribution in [0.3, 0.4) is 0 Å². The van der Waals surface area contributed by atoms with Crippen LogP contribution < -0.4 is 0 Å². The smallest absolute Gasteiger partial charge is 0.291 e. The van der Waals surface area contributed by atoms with Crippen LogP contribution in [-0.4, -0.2) is 63.0 Å². The van der Waals surface area contributed by atoms with Gasteiger partial charge in [-0.1, -0.05) is 13.3 Å². The zero-order valence-corrected chi connectivity index (χ0v) is 14.2. The van der Waals surface area contributed by atoms with Crippen LogP contribution >= 0.6 is 0 Å². The van der Waals surface area contributed by atoms with Gasteiger partial charge in [0.25, 0.3) is 5.91 Å². The molecule has 3 atom stereocenters. The van der Waals surface area contributed by atoms with E-state index in [9.17, 15) is 9.59 Å². The summed E-state index contributed by atoms with van der Waals surface area (Å²) in [6.07, 6.45) is 6.62. The highest BCUT2D eigenvalue weighted by atomic mass is 16.2. The highest BCUT2D eigenvalue weighted by Crippen LogP contribution is 2.59. The first-order valence-electron chi connectivity index (χ1n) is 9.04. The number of nitrogens with one attached hydrogen (secondary N) is 1. The van der Waals surface area contributed by atoms with Crippen LogP contribution in [-0.2, 0) is 4.79 Å². The highest BCUT2D eigenvalue weighted by Gasteiger charge is 2.63. The minimum Gasteiger partial charge on any atom is -0.342 e. The number of carbonyl (C=O) groups is 2. The van der Waals surface area contributed by atoms with Crippen LogP contribution in [0.2, 0.25) is 0 Å². The molecule has 3 fully saturated rings. The predicted molar refractivity (Wildman–Crippen MR) is 87.0 cm³/mol. The topological polar surface area (TPSA) is 82.2 Å². The number of hydrogen-bond donors (Lipinski definition) is 1. The SMILES string of the molecule is C[C@@H]1CCCCN(C(=O)[C@@]23CCN(C(=O)c4ncn[nH]4)C[C@@H]2C3)C1. The van der Waals surface area contributed by atoms with Gasteiger partial charge in [0.1, 0.15) is 6.33 Å². The first-order valence-corrected chi connectivity index (χ1v) is 9.04. The van der Waals surface area contributed by atoms with Crippen molar-refractivity contribution in [2.24, 2.45) is 17.3 Å². The Morgan fingerprint density at radius 1 is 1.25 bits per heavy atom. The van der Waals surface area contributed by atoms with Gasteiger partial charge in [-0.3, -0.25) is 14.7 Å². The van der Waals surface area contributed by atoms with Gasteiger partial charge in [-0.25, -0.2) is 4.98 Å². The van der Waals surface area contributed by atoms with E-state index in [2.05, 4.69) is 27.0 Å². The van der Waals surface area contributed by atoms with Gasteiger partial charge in [0.15, 0.2) is 0 Å². The fourth-order valence-corrected chi connectivity index (χ4v) is 4.48. The van der Waals surface area contributed by atoms with Gasteiger partial charge in [0.2, 0.25) is 11.7 Å². The molecule has 2 saturated heterocycles. The molecule has 0 spiro atoms. The molecule has 1 N–H and O–H groups in total. The average Bonchev–Trinajstić information content (AvgIpc) is 3.16. The lowest BCUT2D eigenvalue weighted by Gasteiger charge is -2.34. The van der Waals surface area contributed by atoms with Gasteiger partial charge >= 0.3 is 0 Å². The van der Waals surface area contributed by atoms with Crippen molar-refractivity contribution >= 4 is 11.8 Å². The van der Waals surface area contributed by atoms with Crippen LogP contribution in [0.25, 0.3) is 0 Å². The fourth-order valence-electron chi connectivity index (χ4n) is 4.48. The lowest BCUT2D eigenvalue weighted by atomic mass is 9.93. The molecule has 2 amide bonds. The van der Waals surface area contributed by atoms with E-state index in [0.717, 1.165) is 32.4 Å². The van der Waals surface area contributed by atoms with Crippen LogP contribution in [0.15, 0.2) is 6.33 Å². The first-order chi connectivity index (χ1) is 11.6. The normalized spacial score (nSPS) is 32.9. The Balaban J connectivity index is 1.41. The van der Waals surface area contributed by atoms with Crippen molar-refractivity contribution in [2.75, 3.05) is 26.2 Å². The third-order valence-corrected chi connectivity index (χ3v) is 6.03. The minimum atomic E-state index is -0.192. The summed E-state index contributed by atoms with van der Waals surface area (Å²) in [5.74, 6) is 1.43. The second-order valence-corrected chi connectivity index (χ2v) is 7.74. The summed E-state index contributed by atoms with van der Waals surface area (Å²) in [6.45, 7) is 5.33. The van der Waals surface area contributed by atoms with E-state index < -0.39 is 0 Å². The van der Waals surface area contributed by atoms with Crippen molar-refractivity contribution in [1.82, 2.24) is 25.0 Å². The summed E-state index contributed by atoms with van der Waals surface area (Å²) in [7, 11) is 0. The van der Waals surface area contributed by atoms with E-state index in [4.69, 9.17) is 0 Å². The maximum absolute atomic E-state index is 13.1. The van der Waals surface area contributed by atoms with Crippen molar-refractivity contribution in [3.63, 3.8) is 0 Å². The lowest BCUT2D eigenvalue weighted by molar-refractivity contribution is -0.139. The van der Waals surface area contributed by atoms with E-state index in [1.165, 1.54) is 19.2 Å². The fraction of sp³-hybridized carbons (Fsp3) is 0.765. The van der Waals surface area contributed by atoms with Crippen molar-refractivity contribution in [3.8, 4) is 0 Å². The van der Waals surface area contributed by atoms with Gasteiger partial charge in [-0.05, 0) is 37.5 Å². The van der Waals surface area contributed by atoms with E-state index in [1.54, 1.807) is 0 Å². The molecule has 1 aromatic heterocycles. The number of likely N-dealkylation sites (tertiary alicyclic amines) is 2. The van der Waals surface area contributed by atoms with Gasteiger partial charge in [0, 0.05) is 26.2 Å². The Kier molecular flexibility index (Phi) is 3.81. The number of fused-ring (bicyclic) bond motifs is 1. The van der Waals surface area contributed by atoms with E-state index in [1.807, 2.05) is 4.90 Å². The zero-order chi connectivity index (χ0) is 16.7. The summed E-state index contributed by atoms with van der Waals surface area (Å²) in [4.78, 5) is 33.4. The second kappa shape index (κ2) is 5.86.